The lowest BCUT2D eigenvalue weighted by Crippen LogP contribution is -2.10. The fourth-order valence-electron chi connectivity index (χ4n) is 3.67. The third-order valence-corrected chi connectivity index (χ3v) is 5.31. The Morgan fingerprint density at radius 3 is 1.69 bits per heavy atom. The Kier molecular flexibility index (Phi) is 5.69. The predicted octanol–water partition coefficient (Wildman–Crippen LogP) is 4.73. The number of benzene rings is 3. The Hall–Kier alpha value is -4.06. The van der Waals surface area contributed by atoms with Crippen LogP contribution in [0.3, 0.4) is 0 Å². The van der Waals surface area contributed by atoms with Crippen molar-refractivity contribution in [3.63, 3.8) is 0 Å². The minimum atomic E-state index is -0.506. The molecule has 0 spiro atoms. The number of aromatic hydroxyl groups is 2. The lowest BCUT2D eigenvalue weighted by molar-refractivity contribution is -0.0234. The van der Waals surface area contributed by atoms with Crippen LogP contribution in [-0.2, 0) is 15.9 Å². The molecule has 0 bridgehead atoms. The average molecular weight is 430 g/mol. The highest BCUT2D eigenvalue weighted by atomic mass is 16.7. The molecule has 3 aromatic rings. The maximum absolute atomic E-state index is 13.2. The van der Waals surface area contributed by atoms with Crippen LogP contribution < -0.4 is 0 Å². The number of hydrogen-bond donors (Lipinski definition) is 2. The summed E-state index contributed by atoms with van der Waals surface area (Å²) in [7, 11) is 0. The van der Waals surface area contributed by atoms with Crippen molar-refractivity contribution < 1.29 is 29.3 Å². The van der Waals surface area contributed by atoms with E-state index in [1.807, 2.05) is 0 Å². The Morgan fingerprint density at radius 1 is 0.812 bits per heavy atom. The smallest absolute Gasteiger partial charge is 0.237 e. The van der Waals surface area contributed by atoms with E-state index in [4.69, 9.17) is 9.47 Å². The first-order chi connectivity index (χ1) is 15.4. The molecule has 0 saturated heterocycles. The van der Waals surface area contributed by atoms with Crippen LogP contribution in [-0.4, -0.2) is 28.1 Å². The first-order valence-electron chi connectivity index (χ1n) is 10.2. The van der Waals surface area contributed by atoms with E-state index in [9.17, 15) is 19.8 Å². The molecule has 162 valence electrons. The average Bonchev–Trinajstić information content (AvgIpc) is 3.13. The van der Waals surface area contributed by atoms with Gasteiger partial charge in [0, 0.05) is 30.0 Å². The summed E-state index contributed by atoms with van der Waals surface area (Å²) >= 11 is 0. The minimum absolute atomic E-state index is 0.0260. The van der Waals surface area contributed by atoms with Crippen LogP contribution in [0.2, 0.25) is 0 Å². The number of allylic oxidation sites excluding steroid dienone is 2. The quantitative estimate of drug-likeness (QED) is 0.550. The normalized spacial score (nSPS) is 15.2. The largest absolute Gasteiger partial charge is 0.507 e. The monoisotopic (exact) mass is 430 g/mol. The molecule has 1 atom stereocenters. The zero-order valence-electron chi connectivity index (χ0n) is 17.7. The van der Waals surface area contributed by atoms with Gasteiger partial charge in [-0.25, -0.2) is 0 Å². The van der Waals surface area contributed by atoms with Crippen molar-refractivity contribution in [2.24, 2.45) is 0 Å². The van der Waals surface area contributed by atoms with E-state index in [0.717, 1.165) is 0 Å². The van der Waals surface area contributed by atoms with Crippen molar-refractivity contribution in [1.82, 2.24) is 0 Å². The second kappa shape index (κ2) is 8.59. The van der Waals surface area contributed by atoms with Gasteiger partial charge in [0.2, 0.25) is 6.29 Å². The van der Waals surface area contributed by atoms with Gasteiger partial charge in [-0.1, -0.05) is 60.7 Å². The van der Waals surface area contributed by atoms with E-state index in [1.165, 1.54) is 6.07 Å². The lowest BCUT2D eigenvalue weighted by atomic mass is 9.91. The van der Waals surface area contributed by atoms with Crippen LogP contribution in [0.15, 0.2) is 78.2 Å². The van der Waals surface area contributed by atoms with Crippen molar-refractivity contribution in [3.05, 3.63) is 106 Å². The van der Waals surface area contributed by atoms with E-state index >= 15 is 0 Å². The molecule has 1 aliphatic heterocycles. The molecule has 1 heterocycles. The second-order valence-corrected chi connectivity index (χ2v) is 7.50. The van der Waals surface area contributed by atoms with Gasteiger partial charge in [0.25, 0.3) is 0 Å². The number of phenolic OH excluding ortho intramolecular Hbond substituents is 2. The third-order valence-electron chi connectivity index (χ3n) is 5.31. The van der Waals surface area contributed by atoms with Gasteiger partial charge in [0.05, 0.1) is 11.1 Å². The molecule has 0 saturated carbocycles. The summed E-state index contributed by atoms with van der Waals surface area (Å²) in [6.45, 7) is 3.43. The molecule has 2 N–H and O–H groups in total. The summed E-state index contributed by atoms with van der Waals surface area (Å²) in [5, 5.41) is 22.0. The van der Waals surface area contributed by atoms with Crippen LogP contribution >= 0.6 is 0 Å². The molecule has 0 aromatic heterocycles. The van der Waals surface area contributed by atoms with Gasteiger partial charge < -0.3 is 19.7 Å². The van der Waals surface area contributed by atoms with Gasteiger partial charge in [-0.3, -0.25) is 9.59 Å². The molecule has 1 aliphatic rings. The molecule has 6 nitrogen and oxygen atoms in total. The Bertz CT molecular complexity index is 1140. The summed E-state index contributed by atoms with van der Waals surface area (Å²) in [6, 6.07) is 18.1. The highest BCUT2D eigenvalue weighted by molar-refractivity contribution is 6.16. The summed E-state index contributed by atoms with van der Waals surface area (Å²) in [5.74, 6) is -0.811. The van der Waals surface area contributed by atoms with E-state index in [-0.39, 0.29) is 23.1 Å². The molecule has 6 heteroatoms. The zero-order chi connectivity index (χ0) is 22.8. The number of phenols is 2. The van der Waals surface area contributed by atoms with E-state index in [0.29, 0.717) is 22.6 Å². The maximum Gasteiger partial charge on any atom is 0.237 e. The standard InChI is InChI=1S/C26H22O6/c1-15-22(32-16(2)31-15)14-21-25(29)19(23(27)17-9-5-3-6-10-17)13-20(26(21)30)24(28)18-11-7-4-8-12-18/h3-13,16,29-30H,14H2,1-2H3. The van der Waals surface area contributed by atoms with Crippen LogP contribution in [0.5, 0.6) is 11.5 Å². The Balaban J connectivity index is 1.87. The predicted molar refractivity (Wildman–Crippen MR) is 118 cm³/mol. The molecule has 3 aromatic carbocycles. The van der Waals surface area contributed by atoms with Crippen LogP contribution in [0.1, 0.15) is 51.3 Å². The van der Waals surface area contributed by atoms with Crippen molar-refractivity contribution >= 4 is 11.6 Å². The van der Waals surface area contributed by atoms with Gasteiger partial charge in [-0.05, 0) is 13.0 Å². The summed E-state index contributed by atoms with van der Waals surface area (Å²) in [5.41, 5.74) is 0.573. The van der Waals surface area contributed by atoms with E-state index < -0.39 is 29.4 Å². The molecular weight excluding hydrogens is 408 g/mol. The molecular formula is C26H22O6. The molecule has 0 amide bonds. The molecule has 32 heavy (non-hydrogen) atoms. The first kappa shape index (κ1) is 21.2. The third kappa shape index (κ3) is 3.95. The first-order valence-corrected chi connectivity index (χ1v) is 10.2. The Labute approximate surface area is 185 Å². The topological polar surface area (TPSA) is 93.1 Å². The molecule has 0 aliphatic carbocycles. The zero-order valence-corrected chi connectivity index (χ0v) is 17.7. The minimum Gasteiger partial charge on any atom is -0.507 e. The van der Waals surface area contributed by atoms with Crippen molar-refractivity contribution in [1.29, 1.82) is 0 Å². The van der Waals surface area contributed by atoms with E-state index in [2.05, 4.69) is 0 Å². The molecule has 4 rings (SSSR count). The second-order valence-electron chi connectivity index (χ2n) is 7.50. The molecule has 0 fully saturated rings. The summed E-state index contributed by atoms with van der Waals surface area (Å²) in [6.07, 6.45) is -0.549. The van der Waals surface area contributed by atoms with Crippen LogP contribution in [0.4, 0.5) is 0 Å². The highest BCUT2D eigenvalue weighted by Crippen LogP contribution is 2.39. The van der Waals surface area contributed by atoms with Gasteiger partial charge in [-0.2, -0.15) is 0 Å². The van der Waals surface area contributed by atoms with Gasteiger partial charge in [-0.15, -0.1) is 0 Å². The van der Waals surface area contributed by atoms with Crippen molar-refractivity contribution in [3.8, 4) is 11.5 Å². The van der Waals surface area contributed by atoms with Gasteiger partial charge >= 0.3 is 0 Å². The maximum atomic E-state index is 13.2. The van der Waals surface area contributed by atoms with Crippen molar-refractivity contribution in [2.75, 3.05) is 0 Å². The number of hydrogen-bond acceptors (Lipinski definition) is 6. The number of rotatable bonds is 6. The van der Waals surface area contributed by atoms with E-state index in [1.54, 1.807) is 74.5 Å². The summed E-state index contributed by atoms with van der Waals surface area (Å²) in [4.78, 5) is 26.3. The number of ether oxygens (including phenoxy) is 2. The van der Waals surface area contributed by atoms with Crippen LogP contribution in [0, 0.1) is 0 Å². The van der Waals surface area contributed by atoms with Gasteiger partial charge in [0.15, 0.2) is 11.6 Å². The SMILES string of the molecule is CC1=C(Cc2c(O)c(C(=O)c3ccccc3)cc(C(=O)c3ccccc3)c2O)OC(C)O1. The lowest BCUT2D eigenvalue weighted by Gasteiger charge is -2.16. The Morgan fingerprint density at radius 2 is 1.28 bits per heavy atom. The fraction of sp³-hybridized carbons (Fsp3) is 0.154. The number of carbonyl (C=O) groups is 2. The van der Waals surface area contributed by atoms with Crippen LogP contribution in [0.25, 0.3) is 0 Å². The van der Waals surface area contributed by atoms with Crippen molar-refractivity contribution in [2.45, 2.75) is 26.6 Å². The summed E-state index contributed by atoms with van der Waals surface area (Å²) < 4.78 is 11.1. The highest BCUT2D eigenvalue weighted by Gasteiger charge is 2.29. The number of carbonyl (C=O) groups excluding carboxylic acids is 2. The fourth-order valence-corrected chi connectivity index (χ4v) is 3.67. The molecule has 1 unspecified atom stereocenters. The number of ketones is 2. The van der Waals surface area contributed by atoms with Gasteiger partial charge in [0.1, 0.15) is 23.0 Å². The molecule has 0 radical (unpaired) electrons.